The van der Waals surface area contributed by atoms with E-state index in [1.165, 1.54) is 34.8 Å². The van der Waals surface area contributed by atoms with Gasteiger partial charge in [0.2, 0.25) is 0 Å². The molecule has 0 fully saturated rings. The lowest BCUT2D eigenvalue weighted by molar-refractivity contribution is 0.681. The molecule has 5 heteroatoms. The number of thiazole rings is 1. The third-order valence-electron chi connectivity index (χ3n) is 4.01. The third-order valence-corrected chi connectivity index (χ3v) is 5.17. The average Bonchev–Trinajstić information content (AvgIpc) is 3.22. The van der Waals surface area contributed by atoms with Gasteiger partial charge in [-0.1, -0.05) is 12.1 Å². The summed E-state index contributed by atoms with van der Waals surface area (Å²) in [6, 6.07) is 10.4. The third kappa shape index (κ3) is 2.76. The van der Waals surface area contributed by atoms with Gasteiger partial charge in [0.25, 0.3) is 0 Å². The Balaban J connectivity index is 1.47. The lowest BCUT2D eigenvalue weighted by Gasteiger charge is -2.06. The highest BCUT2D eigenvalue weighted by molar-refractivity contribution is 7.11. The van der Waals surface area contributed by atoms with Gasteiger partial charge in [0.15, 0.2) is 0 Å². The first-order valence-electron chi connectivity index (χ1n) is 7.69. The highest BCUT2D eigenvalue weighted by atomic mass is 32.1. The molecule has 22 heavy (non-hydrogen) atoms. The molecular weight excluding hydrogens is 292 g/mol. The van der Waals surface area contributed by atoms with Crippen molar-refractivity contribution in [3.8, 4) is 11.3 Å². The number of aromatic nitrogens is 3. The minimum atomic E-state index is 0.796. The molecule has 2 N–H and O–H groups in total. The number of H-pyrrole nitrogens is 1. The summed E-state index contributed by atoms with van der Waals surface area (Å²) in [6.07, 6.45) is 6.74. The second-order valence-electron chi connectivity index (χ2n) is 5.59. The molecular formula is C17H18N4S. The number of benzene rings is 1. The molecule has 0 bridgehead atoms. The van der Waals surface area contributed by atoms with Crippen molar-refractivity contribution in [2.75, 3.05) is 5.32 Å². The minimum absolute atomic E-state index is 0.796. The van der Waals surface area contributed by atoms with Gasteiger partial charge < -0.3 is 5.32 Å². The molecule has 0 saturated carbocycles. The summed E-state index contributed by atoms with van der Waals surface area (Å²) in [5.74, 6) is 0. The molecule has 3 aromatic rings. The maximum Gasteiger partial charge on any atom is 0.112 e. The number of nitrogens with zero attached hydrogens (tertiary/aromatic N) is 2. The van der Waals surface area contributed by atoms with Crippen LogP contribution in [0.25, 0.3) is 11.3 Å². The van der Waals surface area contributed by atoms with Crippen LogP contribution in [0.5, 0.6) is 0 Å². The van der Waals surface area contributed by atoms with E-state index in [2.05, 4.69) is 39.8 Å². The van der Waals surface area contributed by atoms with E-state index in [0.29, 0.717) is 0 Å². The highest BCUT2D eigenvalue weighted by Gasteiger charge is 2.14. The van der Waals surface area contributed by atoms with Crippen molar-refractivity contribution in [1.29, 1.82) is 0 Å². The summed E-state index contributed by atoms with van der Waals surface area (Å²) in [5.41, 5.74) is 4.62. The normalized spacial score (nSPS) is 13.8. The largest absolute Gasteiger partial charge is 0.379 e. The SMILES string of the molecule is c1cc(NCc2nc3c(s2)CCCC3)cc(-c2ccn[nH]2)c1. The fourth-order valence-electron chi connectivity index (χ4n) is 2.87. The predicted molar refractivity (Wildman–Crippen MR) is 90.1 cm³/mol. The number of aryl methyl sites for hydroxylation is 2. The number of rotatable bonds is 4. The molecule has 2 heterocycles. The first-order valence-corrected chi connectivity index (χ1v) is 8.51. The number of hydrogen-bond acceptors (Lipinski definition) is 4. The smallest absolute Gasteiger partial charge is 0.112 e. The number of nitrogens with one attached hydrogen (secondary N) is 2. The average molecular weight is 310 g/mol. The van der Waals surface area contributed by atoms with Crippen LogP contribution in [0.15, 0.2) is 36.5 Å². The van der Waals surface area contributed by atoms with Crippen molar-refractivity contribution in [3.05, 3.63) is 52.1 Å². The zero-order valence-electron chi connectivity index (χ0n) is 12.3. The van der Waals surface area contributed by atoms with E-state index in [1.807, 2.05) is 17.4 Å². The Bertz CT molecular complexity index is 737. The summed E-state index contributed by atoms with van der Waals surface area (Å²) < 4.78 is 0. The summed E-state index contributed by atoms with van der Waals surface area (Å²) in [4.78, 5) is 6.27. The van der Waals surface area contributed by atoms with Crippen LogP contribution in [0.2, 0.25) is 0 Å². The van der Waals surface area contributed by atoms with Crippen molar-refractivity contribution >= 4 is 17.0 Å². The minimum Gasteiger partial charge on any atom is -0.379 e. The van der Waals surface area contributed by atoms with Gasteiger partial charge in [0.1, 0.15) is 5.01 Å². The maximum absolute atomic E-state index is 4.78. The molecule has 1 aromatic carbocycles. The van der Waals surface area contributed by atoms with Crippen LogP contribution in [-0.4, -0.2) is 15.2 Å². The highest BCUT2D eigenvalue weighted by Crippen LogP contribution is 2.27. The van der Waals surface area contributed by atoms with Gasteiger partial charge in [-0.2, -0.15) is 5.10 Å². The fraction of sp³-hybridized carbons (Fsp3) is 0.294. The van der Waals surface area contributed by atoms with E-state index in [9.17, 15) is 0 Å². The van der Waals surface area contributed by atoms with E-state index in [-0.39, 0.29) is 0 Å². The Hall–Kier alpha value is -2.14. The van der Waals surface area contributed by atoms with Crippen molar-refractivity contribution < 1.29 is 0 Å². The fourth-order valence-corrected chi connectivity index (χ4v) is 3.97. The predicted octanol–water partition coefficient (Wildman–Crippen LogP) is 4.02. The Morgan fingerprint density at radius 1 is 1.18 bits per heavy atom. The molecule has 4 rings (SSSR count). The number of fused-ring (bicyclic) bond motifs is 1. The molecule has 2 aromatic heterocycles. The Kier molecular flexibility index (Phi) is 3.64. The van der Waals surface area contributed by atoms with E-state index in [0.717, 1.165) is 29.9 Å². The number of anilines is 1. The quantitative estimate of drug-likeness (QED) is 0.765. The monoisotopic (exact) mass is 310 g/mol. The van der Waals surface area contributed by atoms with Crippen LogP contribution in [-0.2, 0) is 19.4 Å². The van der Waals surface area contributed by atoms with Crippen molar-refractivity contribution in [1.82, 2.24) is 15.2 Å². The van der Waals surface area contributed by atoms with Gasteiger partial charge in [-0.05, 0) is 43.9 Å². The molecule has 0 aliphatic heterocycles. The lowest BCUT2D eigenvalue weighted by atomic mass is 10.0. The summed E-state index contributed by atoms with van der Waals surface area (Å²) in [7, 11) is 0. The van der Waals surface area contributed by atoms with Crippen LogP contribution in [0.1, 0.15) is 28.4 Å². The van der Waals surface area contributed by atoms with Crippen LogP contribution in [0.4, 0.5) is 5.69 Å². The second-order valence-corrected chi connectivity index (χ2v) is 6.76. The van der Waals surface area contributed by atoms with Crippen molar-refractivity contribution in [2.45, 2.75) is 32.2 Å². The van der Waals surface area contributed by atoms with Crippen LogP contribution < -0.4 is 5.32 Å². The Morgan fingerprint density at radius 3 is 3.00 bits per heavy atom. The van der Waals surface area contributed by atoms with Gasteiger partial charge in [-0.3, -0.25) is 5.10 Å². The molecule has 1 aliphatic carbocycles. The molecule has 0 spiro atoms. The topological polar surface area (TPSA) is 53.6 Å². The number of hydrogen-bond donors (Lipinski definition) is 2. The van der Waals surface area contributed by atoms with Gasteiger partial charge in [0.05, 0.1) is 17.9 Å². The molecule has 112 valence electrons. The van der Waals surface area contributed by atoms with E-state index in [1.54, 1.807) is 6.20 Å². The zero-order chi connectivity index (χ0) is 14.8. The van der Waals surface area contributed by atoms with Crippen molar-refractivity contribution in [3.63, 3.8) is 0 Å². The summed E-state index contributed by atoms with van der Waals surface area (Å²) in [6.45, 7) is 0.796. The van der Waals surface area contributed by atoms with Gasteiger partial charge in [-0.15, -0.1) is 11.3 Å². The molecule has 0 atom stereocenters. The number of aromatic amines is 1. The van der Waals surface area contributed by atoms with Gasteiger partial charge >= 0.3 is 0 Å². The van der Waals surface area contributed by atoms with Gasteiger partial charge in [0, 0.05) is 22.3 Å². The molecule has 0 unspecified atom stereocenters. The lowest BCUT2D eigenvalue weighted by Crippen LogP contribution is -2.01. The Labute approximate surface area is 133 Å². The molecule has 4 nitrogen and oxygen atoms in total. The van der Waals surface area contributed by atoms with E-state index >= 15 is 0 Å². The molecule has 1 aliphatic rings. The standard InChI is InChI=1S/C17H18N4S/c1-2-7-16-15(6-1)20-17(22-16)11-18-13-5-3-4-12(10-13)14-8-9-19-21-14/h3-5,8-10,18H,1-2,6-7,11H2,(H,19,21). The zero-order valence-corrected chi connectivity index (χ0v) is 13.1. The Morgan fingerprint density at radius 2 is 2.14 bits per heavy atom. The maximum atomic E-state index is 4.78. The van der Waals surface area contributed by atoms with Crippen LogP contribution in [0.3, 0.4) is 0 Å². The van der Waals surface area contributed by atoms with Crippen LogP contribution >= 0.6 is 11.3 Å². The molecule has 0 saturated heterocycles. The first kappa shape index (κ1) is 13.5. The van der Waals surface area contributed by atoms with Gasteiger partial charge in [-0.25, -0.2) is 4.98 Å². The van der Waals surface area contributed by atoms with Crippen molar-refractivity contribution in [2.24, 2.45) is 0 Å². The first-order chi connectivity index (χ1) is 10.9. The molecule has 0 amide bonds. The second kappa shape index (κ2) is 5.93. The summed E-state index contributed by atoms with van der Waals surface area (Å²) in [5, 5.41) is 11.7. The van der Waals surface area contributed by atoms with E-state index in [4.69, 9.17) is 4.98 Å². The molecule has 0 radical (unpaired) electrons. The summed E-state index contributed by atoms with van der Waals surface area (Å²) >= 11 is 1.87. The van der Waals surface area contributed by atoms with E-state index < -0.39 is 0 Å². The van der Waals surface area contributed by atoms with Crippen LogP contribution in [0, 0.1) is 0 Å².